The molecule has 0 spiro atoms. The summed E-state index contributed by atoms with van der Waals surface area (Å²) in [6, 6.07) is 0.579. The second-order valence-corrected chi connectivity index (χ2v) is 4.56. The molecule has 90 valence electrons. The summed E-state index contributed by atoms with van der Waals surface area (Å²) in [5.41, 5.74) is 0. The van der Waals surface area contributed by atoms with Crippen molar-refractivity contribution in [3.63, 3.8) is 0 Å². The molecule has 16 heavy (non-hydrogen) atoms. The Kier molecular flexibility index (Phi) is 3.59. The number of rotatable bonds is 5. The largest absolute Gasteiger partial charge is 0.319 e. The molecule has 1 aromatic rings. The molecule has 0 saturated heterocycles. The van der Waals surface area contributed by atoms with Crippen LogP contribution in [0.2, 0.25) is 0 Å². The average Bonchev–Trinajstić information content (AvgIpc) is 2.67. The molecule has 1 aliphatic carbocycles. The molecule has 1 heterocycles. The minimum Gasteiger partial charge on any atom is -0.319 e. The Labute approximate surface area is 97.5 Å². The van der Waals surface area contributed by atoms with Gasteiger partial charge in [0.15, 0.2) is 5.82 Å². The first-order valence-corrected chi connectivity index (χ1v) is 6.39. The van der Waals surface area contributed by atoms with Gasteiger partial charge in [0.2, 0.25) is 0 Å². The Morgan fingerprint density at radius 2 is 2.12 bits per heavy atom. The highest BCUT2D eigenvalue weighted by Crippen LogP contribution is 2.38. The summed E-state index contributed by atoms with van der Waals surface area (Å²) < 4.78 is 2.18. The van der Waals surface area contributed by atoms with Crippen LogP contribution in [0.5, 0.6) is 0 Å². The lowest BCUT2D eigenvalue weighted by Crippen LogP contribution is -2.37. The molecule has 4 nitrogen and oxygen atoms in total. The highest BCUT2D eigenvalue weighted by molar-refractivity contribution is 4.98. The Morgan fingerprint density at radius 3 is 2.62 bits per heavy atom. The molecule has 4 heteroatoms. The third-order valence-electron chi connectivity index (χ3n) is 3.54. The van der Waals surface area contributed by atoms with Gasteiger partial charge in [0.1, 0.15) is 5.82 Å². The van der Waals surface area contributed by atoms with Crippen LogP contribution in [0.25, 0.3) is 0 Å². The van der Waals surface area contributed by atoms with Gasteiger partial charge in [0, 0.05) is 12.8 Å². The maximum absolute atomic E-state index is 4.63. The molecular formula is C12H22N4. The van der Waals surface area contributed by atoms with E-state index in [0.717, 1.165) is 37.0 Å². The lowest BCUT2D eigenvalue weighted by Gasteiger charge is -2.37. The molecule has 1 saturated carbocycles. The van der Waals surface area contributed by atoms with Crippen LogP contribution in [-0.4, -0.2) is 28.4 Å². The van der Waals surface area contributed by atoms with E-state index >= 15 is 0 Å². The third-order valence-corrected chi connectivity index (χ3v) is 3.54. The number of hydrogen-bond donors (Lipinski definition) is 1. The van der Waals surface area contributed by atoms with Crippen LogP contribution in [0.1, 0.15) is 44.4 Å². The smallest absolute Gasteiger partial charge is 0.150 e. The summed E-state index contributed by atoms with van der Waals surface area (Å²) in [6.45, 7) is 5.37. The van der Waals surface area contributed by atoms with Gasteiger partial charge in [-0.05, 0) is 32.4 Å². The summed E-state index contributed by atoms with van der Waals surface area (Å²) in [5, 5.41) is 7.90. The van der Waals surface area contributed by atoms with Gasteiger partial charge in [0.05, 0.1) is 6.04 Å². The Balaban J connectivity index is 2.15. The molecule has 1 N–H and O–H groups in total. The second-order valence-electron chi connectivity index (χ2n) is 4.56. The van der Waals surface area contributed by atoms with Gasteiger partial charge in [0.25, 0.3) is 0 Å². The van der Waals surface area contributed by atoms with Gasteiger partial charge in [-0.15, -0.1) is 0 Å². The van der Waals surface area contributed by atoms with Crippen LogP contribution >= 0.6 is 0 Å². The lowest BCUT2D eigenvalue weighted by atomic mass is 9.79. The molecular weight excluding hydrogens is 200 g/mol. The molecule has 2 unspecified atom stereocenters. The molecule has 1 fully saturated rings. The van der Waals surface area contributed by atoms with E-state index in [2.05, 4.69) is 33.9 Å². The van der Waals surface area contributed by atoms with E-state index < -0.39 is 0 Å². The van der Waals surface area contributed by atoms with Crippen LogP contribution in [0.3, 0.4) is 0 Å². The van der Waals surface area contributed by atoms with E-state index in [1.807, 2.05) is 7.05 Å². The number of aromatic nitrogens is 3. The zero-order chi connectivity index (χ0) is 11.5. The average molecular weight is 222 g/mol. The predicted molar refractivity (Wildman–Crippen MR) is 64.5 cm³/mol. The van der Waals surface area contributed by atoms with Crippen LogP contribution < -0.4 is 5.32 Å². The van der Waals surface area contributed by atoms with Gasteiger partial charge in [-0.1, -0.05) is 13.8 Å². The highest BCUT2D eigenvalue weighted by atomic mass is 15.4. The Bertz CT molecular complexity index is 345. The molecule has 1 aromatic heterocycles. The molecule has 0 radical (unpaired) electrons. The SMILES string of the molecule is CCc1nc(CC)n(C2CCC2CNC)n1. The summed E-state index contributed by atoms with van der Waals surface area (Å²) in [4.78, 5) is 4.58. The van der Waals surface area contributed by atoms with Crippen molar-refractivity contribution in [1.29, 1.82) is 0 Å². The first-order chi connectivity index (χ1) is 7.80. The van der Waals surface area contributed by atoms with E-state index in [4.69, 9.17) is 0 Å². The van der Waals surface area contributed by atoms with Crippen molar-refractivity contribution < 1.29 is 0 Å². The van der Waals surface area contributed by atoms with Gasteiger partial charge < -0.3 is 5.32 Å². The minimum atomic E-state index is 0.579. The quantitative estimate of drug-likeness (QED) is 0.822. The third kappa shape index (κ3) is 1.98. The molecule has 0 bridgehead atoms. The fourth-order valence-corrected chi connectivity index (χ4v) is 2.43. The topological polar surface area (TPSA) is 42.7 Å². The zero-order valence-corrected chi connectivity index (χ0v) is 10.5. The van der Waals surface area contributed by atoms with Crippen LogP contribution in [0.15, 0.2) is 0 Å². The lowest BCUT2D eigenvalue weighted by molar-refractivity contribution is 0.161. The fourth-order valence-electron chi connectivity index (χ4n) is 2.43. The Morgan fingerprint density at radius 1 is 1.31 bits per heavy atom. The van der Waals surface area contributed by atoms with Crippen LogP contribution in [0, 0.1) is 5.92 Å². The fraction of sp³-hybridized carbons (Fsp3) is 0.833. The second kappa shape index (κ2) is 4.95. The maximum Gasteiger partial charge on any atom is 0.150 e. The van der Waals surface area contributed by atoms with Crippen molar-refractivity contribution in [1.82, 2.24) is 20.1 Å². The molecule has 2 atom stereocenters. The Hall–Kier alpha value is -0.900. The van der Waals surface area contributed by atoms with Crippen molar-refractivity contribution in [2.45, 2.75) is 45.6 Å². The normalized spacial score (nSPS) is 24.4. The van der Waals surface area contributed by atoms with Crippen molar-refractivity contribution in [3.8, 4) is 0 Å². The predicted octanol–water partition coefficient (Wildman–Crippen LogP) is 1.57. The van der Waals surface area contributed by atoms with Crippen molar-refractivity contribution in [3.05, 3.63) is 11.6 Å². The van der Waals surface area contributed by atoms with E-state index in [0.29, 0.717) is 6.04 Å². The summed E-state index contributed by atoms with van der Waals surface area (Å²) >= 11 is 0. The van der Waals surface area contributed by atoms with E-state index in [9.17, 15) is 0 Å². The van der Waals surface area contributed by atoms with E-state index in [1.54, 1.807) is 0 Å². The highest BCUT2D eigenvalue weighted by Gasteiger charge is 2.33. The summed E-state index contributed by atoms with van der Waals surface area (Å²) in [5.74, 6) is 2.89. The molecule has 2 rings (SSSR count). The van der Waals surface area contributed by atoms with E-state index in [1.165, 1.54) is 12.8 Å². The number of aryl methyl sites for hydroxylation is 2. The first kappa shape index (κ1) is 11.6. The molecule has 0 aliphatic heterocycles. The number of nitrogens with one attached hydrogen (secondary N) is 1. The molecule has 0 amide bonds. The molecule has 1 aliphatic rings. The number of hydrogen-bond acceptors (Lipinski definition) is 3. The summed E-state index contributed by atoms with van der Waals surface area (Å²) in [6.07, 6.45) is 4.49. The summed E-state index contributed by atoms with van der Waals surface area (Å²) in [7, 11) is 2.02. The van der Waals surface area contributed by atoms with Crippen molar-refractivity contribution >= 4 is 0 Å². The van der Waals surface area contributed by atoms with E-state index in [-0.39, 0.29) is 0 Å². The van der Waals surface area contributed by atoms with Crippen LogP contribution in [0.4, 0.5) is 0 Å². The van der Waals surface area contributed by atoms with Crippen molar-refractivity contribution in [2.24, 2.45) is 5.92 Å². The maximum atomic E-state index is 4.63. The van der Waals surface area contributed by atoms with Gasteiger partial charge in [-0.3, -0.25) is 0 Å². The minimum absolute atomic E-state index is 0.579. The standard InChI is InChI=1S/C12H22N4/c1-4-11-14-12(5-2)16(15-11)10-7-6-9(10)8-13-3/h9-10,13H,4-8H2,1-3H3. The zero-order valence-electron chi connectivity index (χ0n) is 10.5. The van der Waals surface area contributed by atoms with Crippen LogP contribution in [-0.2, 0) is 12.8 Å². The monoisotopic (exact) mass is 222 g/mol. The number of nitrogens with zero attached hydrogens (tertiary/aromatic N) is 3. The van der Waals surface area contributed by atoms with Crippen molar-refractivity contribution in [2.75, 3.05) is 13.6 Å². The molecule has 0 aromatic carbocycles. The van der Waals surface area contributed by atoms with Gasteiger partial charge in [-0.25, -0.2) is 9.67 Å². The first-order valence-electron chi connectivity index (χ1n) is 6.39. The van der Waals surface area contributed by atoms with Gasteiger partial charge >= 0.3 is 0 Å². The van der Waals surface area contributed by atoms with Gasteiger partial charge in [-0.2, -0.15) is 5.10 Å².